The fourth-order valence-electron chi connectivity index (χ4n) is 1.59. The zero-order valence-corrected chi connectivity index (χ0v) is 9.56. The molecule has 0 bridgehead atoms. The Morgan fingerprint density at radius 2 is 2.14 bits per heavy atom. The third kappa shape index (κ3) is 1.42. The maximum absolute atomic E-state index is 4.52. The van der Waals surface area contributed by atoms with Crippen LogP contribution < -0.4 is 0 Å². The summed E-state index contributed by atoms with van der Waals surface area (Å²) in [6, 6.07) is 0. The molecule has 0 atom stereocenters. The van der Waals surface area contributed by atoms with Gasteiger partial charge in [0.25, 0.3) is 0 Å². The van der Waals surface area contributed by atoms with E-state index in [0.717, 1.165) is 11.9 Å². The maximum Gasteiger partial charge on any atom is 0.0877 e. The monoisotopic (exact) mass is 206 g/mol. The molecule has 2 nitrogen and oxygen atoms in total. The standard InChI is InChI=1S/C11H14N2S/c1-4-8-5-12-9(7(2)3)11-10(8)13-6-14-11/h5-7H,4H2,1-3H3. The third-order valence-corrected chi connectivity index (χ3v) is 3.24. The number of hydrogen-bond acceptors (Lipinski definition) is 3. The van der Waals surface area contributed by atoms with E-state index in [0.29, 0.717) is 5.92 Å². The van der Waals surface area contributed by atoms with Crippen LogP contribution in [0.15, 0.2) is 11.7 Å². The molecule has 0 spiro atoms. The molecule has 0 fully saturated rings. The minimum Gasteiger partial charge on any atom is -0.259 e. The van der Waals surface area contributed by atoms with E-state index >= 15 is 0 Å². The summed E-state index contributed by atoms with van der Waals surface area (Å²) in [7, 11) is 0. The molecule has 0 N–H and O–H groups in total. The van der Waals surface area contributed by atoms with Gasteiger partial charge in [-0.25, -0.2) is 4.98 Å². The smallest absolute Gasteiger partial charge is 0.0877 e. The number of pyridine rings is 1. The minimum absolute atomic E-state index is 0.476. The summed E-state index contributed by atoms with van der Waals surface area (Å²) in [6.07, 6.45) is 2.98. The molecule has 2 rings (SSSR count). The Hall–Kier alpha value is -0.960. The lowest BCUT2D eigenvalue weighted by Gasteiger charge is -2.06. The van der Waals surface area contributed by atoms with Crippen LogP contribution in [0.3, 0.4) is 0 Å². The third-order valence-electron chi connectivity index (χ3n) is 2.39. The average Bonchev–Trinajstić information content (AvgIpc) is 2.64. The highest BCUT2D eigenvalue weighted by Gasteiger charge is 2.11. The van der Waals surface area contributed by atoms with Gasteiger partial charge in [-0.1, -0.05) is 20.8 Å². The van der Waals surface area contributed by atoms with Crippen molar-refractivity contribution in [3.63, 3.8) is 0 Å². The Morgan fingerprint density at radius 1 is 1.36 bits per heavy atom. The van der Waals surface area contributed by atoms with Crippen LogP contribution >= 0.6 is 11.3 Å². The summed E-state index contributed by atoms with van der Waals surface area (Å²) < 4.78 is 1.26. The summed E-state index contributed by atoms with van der Waals surface area (Å²) in [5, 5.41) is 0. The lowest BCUT2D eigenvalue weighted by Crippen LogP contribution is -1.95. The zero-order valence-electron chi connectivity index (χ0n) is 8.74. The number of aryl methyl sites for hydroxylation is 1. The second kappa shape index (κ2) is 3.65. The highest BCUT2D eigenvalue weighted by molar-refractivity contribution is 7.16. The van der Waals surface area contributed by atoms with Crippen LogP contribution in [0.1, 0.15) is 37.9 Å². The Morgan fingerprint density at radius 3 is 2.79 bits per heavy atom. The van der Waals surface area contributed by atoms with Crippen LogP contribution in [0, 0.1) is 0 Å². The SMILES string of the molecule is CCc1cnc(C(C)C)c2scnc12. The van der Waals surface area contributed by atoms with Gasteiger partial charge >= 0.3 is 0 Å². The van der Waals surface area contributed by atoms with Gasteiger partial charge in [0.1, 0.15) is 0 Å². The molecule has 0 unspecified atom stereocenters. The van der Waals surface area contributed by atoms with Crippen LogP contribution in [0.4, 0.5) is 0 Å². The van der Waals surface area contributed by atoms with Crippen molar-refractivity contribution in [1.82, 2.24) is 9.97 Å². The molecule has 3 heteroatoms. The molecule has 2 aromatic heterocycles. The molecular weight excluding hydrogens is 192 g/mol. The first kappa shape index (κ1) is 9.59. The van der Waals surface area contributed by atoms with Gasteiger partial charge in [-0.05, 0) is 17.9 Å². The average molecular weight is 206 g/mol. The van der Waals surface area contributed by atoms with Crippen molar-refractivity contribution in [2.75, 3.05) is 0 Å². The Bertz CT molecular complexity index is 445. The summed E-state index contributed by atoms with van der Waals surface area (Å²) >= 11 is 1.70. The summed E-state index contributed by atoms with van der Waals surface area (Å²) in [6.45, 7) is 6.49. The van der Waals surface area contributed by atoms with Crippen molar-refractivity contribution < 1.29 is 0 Å². The van der Waals surface area contributed by atoms with Gasteiger partial charge in [-0.3, -0.25) is 4.98 Å². The van der Waals surface area contributed by atoms with Crippen molar-refractivity contribution in [1.29, 1.82) is 0 Å². The van der Waals surface area contributed by atoms with Crippen molar-refractivity contribution in [2.45, 2.75) is 33.1 Å². The lowest BCUT2D eigenvalue weighted by molar-refractivity contribution is 0.833. The number of nitrogens with zero attached hydrogens (tertiary/aromatic N) is 2. The fourth-order valence-corrected chi connectivity index (χ4v) is 2.56. The molecular formula is C11H14N2S. The number of thiazole rings is 1. The van der Waals surface area contributed by atoms with E-state index in [1.54, 1.807) is 11.3 Å². The molecule has 0 saturated heterocycles. The van der Waals surface area contributed by atoms with Gasteiger partial charge in [-0.15, -0.1) is 11.3 Å². The first-order valence-electron chi connectivity index (χ1n) is 4.95. The zero-order chi connectivity index (χ0) is 10.1. The van der Waals surface area contributed by atoms with Crippen molar-refractivity contribution >= 4 is 21.6 Å². The molecule has 0 aliphatic rings. The molecule has 0 saturated carbocycles. The second-order valence-electron chi connectivity index (χ2n) is 3.71. The van der Waals surface area contributed by atoms with Crippen LogP contribution in [0.2, 0.25) is 0 Å². The van der Waals surface area contributed by atoms with E-state index in [9.17, 15) is 0 Å². The van der Waals surface area contributed by atoms with Crippen LogP contribution in [-0.4, -0.2) is 9.97 Å². The van der Waals surface area contributed by atoms with E-state index in [2.05, 4.69) is 30.7 Å². The Labute approximate surface area is 88.0 Å². The quantitative estimate of drug-likeness (QED) is 0.752. The summed E-state index contributed by atoms with van der Waals surface area (Å²) in [4.78, 5) is 8.93. The van der Waals surface area contributed by atoms with Crippen LogP contribution in [0.25, 0.3) is 10.2 Å². The normalized spacial score (nSPS) is 11.4. The Kier molecular flexibility index (Phi) is 2.50. The van der Waals surface area contributed by atoms with E-state index in [4.69, 9.17) is 0 Å². The maximum atomic E-state index is 4.52. The van der Waals surface area contributed by atoms with Gasteiger partial charge in [0.15, 0.2) is 0 Å². The molecule has 0 aromatic carbocycles. The number of fused-ring (bicyclic) bond motifs is 1. The molecule has 0 radical (unpaired) electrons. The van der Waals surface area contributed by atoms with Gasteiger partial charge < -0.3 is 0 Å². The first-order valence-corrected chi connectivity index (χ1v) is 5.83. The second-order valence-corrected chi connectivity index (χ2v) is 4.56. The lowest BCUT2D eigenvalue weighted by atomic mass is 10.1. The highest BCUT2D eigenvalue weighted by Crippen LogP contribution is 2.28. The fraction of sp³-hybridized carbons (Fsp3) is 0.455. The van der Waals surface area contributed by atoms with Crippen molar-refractivity contribution in [3.05, 3.63) is 23.0 Å². The van der Waals surface area contributed by atoms with E-state index in [1.165, 1.54) is 16.0 Å². The van der Waals surface area contributed by atoms with Crippen molar-refractivity contribution in [3.8, 4) is 0 Å². The van der Waals surface area contributed by atoms with E-state index in [1.807, 2.05) is 11.7 Å². The van der Waals surface area contributed by atoms with E-state index < -0.39 is 0 Å². The van der Waals surface area contributed by atoms with Crippen LogP contribution in [-0.2, 0) is 6.42 Å². The summed E-state index contributed by atoms with van der Waals surface area (Å²) in [5.41, 5.74) is 5.50. The van der Waals surface area contributed by atoms with Gasteiger partial charge in [0.2, 0.25) is 0 Å². The summed E-state index contributed by atoms with van der Waals surface area (Å²) in [5.74, 6) is 0.476. The van der Waals surface area contributed by atoms with E-state index in [-0.39, 0.29) is 0 Å². The van der Waals surface area contributed by atoms with Crippen molar-refractivity contribution in [2.24, 2.45) is 0 Å². The number of aromatic nitrogens is 2. The molecule has 74 valence electrons. The number of rotatable bonds is 2. The van der Waals surface area contributed by atoms with Gasteiger partial charge in [0.05, 0.1) is 21.4 Å². The van der Waals surface area contributed by atoms with Gasteiger partial charge in [-0.2, -0.15) is 0 Å². The molecule has 2 heterocycles. The predicted molar refractivity (Wildman–Crippen MR) is 60.9 cm³/mol. The minimum atomic E-state index is 0.476. The molecule has 2 aromatic rings. The van der Waals surface area contributed by atoms with Crippen LogP contribution in [0.5, 0.6) is 0 Å². The molecule has 0 aliphatic heterocycles. The molecule has 14 heavy (non-hydrogen) atoms. The topological polar surface area (TPSA) is 25.8 Å². The first-order chi connectivity index (χ1) is 6.74. The predicted octanol–water partition coefficient (Wildman–Crippen LogP) is 3.38. The Balaban J connectivity index is 2.72. The highest BCUT2D eigenvalue weighted by atomic mass is 32.1. The largest absolute Gasteiger partial charge is 0.259 e. The molecule has 0 amide bonds. The molecule has 0 aliphatic carbocycles. The number of hydrogen-bond donors (Lipinski definition) is 0. The van der Waals surface area contributed by atoms with Gasteiger partial charge in [0, 0.05) is 6.20 Å².